The maximum Gasteiger partial charge on any atom is 0.260 e. The van der Waals surface area contributed by atoms with Gasteiger partial charge in [-0.25, -0.2) is 4.98 Å². The third kappa shape index (κ3) is 4.92. The number of amides is 3. The van der Waals surface area contributed by atoms with Gasteiger partial charge in [-0.3, -0.25) is 24.2 Å². The number of methoxy groups -OCH3 is 1. The van der Waals surface area contributed by atoms with Gasteiger partial charge in [-0.2, -0.15) is 0 Å². The molecule has 2 heterocycles. The van der Waals surface area contributed by atoms with E-state index in [1.807, 2.05) is 19.1 Å². The molecule has 1 aliphatic rings. The summed E-state index contributed by atoms with van der Waals surface area (Å²) in [6, 6.07) is 10.6. The monoisotopic (exact) mass is 494 g/mol. The van der Waals surface area contributed by atoms with Crippen LogP contribution in [0.25, 0.3) is 10.2 Å². The zero-order valence-electron chi connectivity index (χ0n) is 20.5. The van der Waals surface area contributed by atoms with Crippen LogP contribution in [-0.4, -0.2) is 60.9 Å². The fraction of sp³-hybridized carbons (Fsp3) is 0.385. The molecule has 0 N–H and O–H groups in total. The molecule has 0 radical (unpaired) electrons. The maximum absolute atomic E-state index is 13.8. The number of nitrogens with zero attached hydrogens (tertiary/aromatic N) is 4. The number of rotatable bonds is 9. The van der Waals surface area contributed by atoms with E-state index < -0.39 is 0 Å². The Balaban J connectivity index is 1.73. The first-order valence-corrected chi connectivity index (χ1v) is 12.6. The summed E-state index contributed by atoms with van der Waals surface area (Å²) in [4.78, 5) is 48.2. The summed E-state index contributed by atoms with van der Waals surface area (Å²) < 4.78 is 6.48. The summed E-state index contributed by atoms with van der Waals surface area (Å²) in [5.74, 6) is -0.0514. The number of aromatic nitrogens is 1. The van der Waals surface area contributed by atoms with Crippen LogP contribution < -0.4 is 14.5 Å². The lowest BCUT2D eigenvalue weighted by Crippen LogP contribution is -2.39. The van der Waals surface area contributed by atoms with Crippen LogP contribution in [0.5, 0.6) is 5.75 Å². The number of benzene rings is 2. The van der Waals surface area contributed by atoms with Gasteiger partial charge in [0.25, 0.3) is 5.91 Å². The predicted molar refractivity (Wildman–Crippen MR) is 139 cm³/mol. The number of carbonyl (C=O) groups excluding carboxylic acids is 3. The van der Waals surface area contributed by atoms with Gasteiger partial charge in [-0.1, -0.05) is 37.3 Å². The van der Waals surface area contributed by atoms with Crippen LogP contribution in [0.2, 0.25) is 0 Å². The summed E-state index contributed by atoms with van der Waals surface area (Å²) in [6.45, 7) is 9.09. The molecule has 4 rings (SSSR count). The van der Waals surface area contributed by atoms with Crippen molar-refractivity contribution in [3.8, 4) is 5.75 Å². The summed E-state index contributed by atoms with van der Waals surface area (Å²) in [7, 11) is 1.61. The average Bonchev–Trinajstić information content (AvgIpc) is 3.46. The minimum absolute atomic E-state index is 0.194. The molecule has 1 aromatic heterocycles. The Bertz CT molecular complexity index is 1250. The lowest BCUT2D eigenvalue weighted by molar-refractivity contribution is -0.121. The van der Waals surface area contributed by atoms with Gasteiger partial charge >= 0.3 is 0 Å². The zero-order valence-corrected chi connectivity index (χ0v) is 21.4. The molecule has 184 valence electrons. The Morgan fingerprint density at radius 3 is 2.46 bits per heavy atom. The largest absolute Gasteiger partial charge is 0.494 e. The molecule has 0 bridgehead atoms. The van der Waals surface area contributed by atoms with Crippen LogP contribution in [-0.2, 0) is 9.59 Å². The number of fused-ring (bicyclic) bond motifs is 1. The van der Waals surface area contributed by atoms with E-state index in [4.69, 9.17) is 9.72 Å². The smallest absolute Gasteiger partial charge is 0.260 e. The minimum atomic E-state index is -0.244. The number of carbonyl (C=O) groups is 3. The SMILES string of the molecule is CCN(CC)CCN(C(=O)c1cccc(N2C(=O)CCC2=O)c1)c1nc2c(OC)ccc(C)c2s1. The van der Waals surface area contributed by atoms with Crippen LogP contribution in [0.15, 0.2) is 36.4 Å². The Kier molecular flexibility index (Phi) is 7.47. The van der Waals surface area contributed by atoms with E-state index in [1.54, 1.807) is 36.3 Å². The summed E-state index contributed by atoms with van der Waals surface area (Å²) >= 11 is 1.46. The predicted octanol–water partition coefficient (Wildman–Crippen LogP) is 4.26. The molecule has 3 aromatic rings. The standard InChI is InChI=1S/C26H30N4O4S/c1-5-28(6-2)14-15-29(26-27-23-20(34-4)11-10-17(3)24(23)35-26)25(33)18-8-7-9-19(16-18)30-21(31)12-13-22(30)32/h7-11,16H,5-6,12-15H2,1-4H3. The molecule has 0 spiro atoms. The molecule has 2 aromatic carbocycles. The molecule has 1 fully saturated rings. The van der Waals surface area contributed by atoms with E-state index in [0.29, 0.717) is 35.2 Å². The van der Waals surface area contributed by atoms with Gasteiger partial charge in [0, 0.05) is 31.5 Å². The number of hydrogen-bond acceptors (Lipinski definition) is 7. The molecule has 1 aliphatic heterocycles. The van der Waals surface area contributed by atoms with E-state index in [-0.39, 0.29) is 30.6 Å². The third-order valence-corrected chi connectivity index (χ3v) is 7.54. The number of likely N-dealkylation sites (N-methyl/N-ethyl adjacent to an activating group) is 1. The molecule has 3 amide bonds. The molecular formula is C26H30N4O4S. The van der Waals surface area contributed by atoms with Crippen LogP contribution in [0, 0.1) is 6.92 Å². The second-order valence-corrected chi connectivity index (χ2v) is 9.39. The van der Waals surface area contributed by atoms with Crippen molar-refractivity contribution in [3.05, 3.63) is 47.5 Å². The van der Waals surface area contributed by atoms with Crippen molar-refractivity contribution >= 4 is 50.1 Å². The van der Waals surface area contributed by atoms with Gasteiger partial charge < -0.3 is 9.64 Å². The molecular weight excluding hydrogens is 464 g/mol. The van der Waals surface area contributed by atoms with Gasteiger partial charge in [0.05, 0.1) is 17.5 Å². The average molecular weight is 495 g/mol. The van der Waals surface area contributed by atoms with E-state index in [0.717, 1.165) is 28.9 Å². The zero-order chi connectivity index (χ0) is 25.1. The quantitative estimate of drug-likeness (QED) is 0.414. The molecule has 0 saturated carbocycles. The molecule has 9 heteroatoms. The maximum atomic E-state index is 13.8. The van der Waals surface area contributed by atoms with Gasteiger partial charge in [-0.15, -0.1) is 0 Å². The molecule has 0 atom stereocenters. The van der Waals surface area contributed by atoms with Gasteiger partial charge in [-0.05, 0) is 49.8 Å². The highest BCUT2D eigenvalue weighted by Crippen LogP contribution is 2.37. The summed E-state index contributed by atoms with van der Waals surface area (Å²) in [5, 5.41) is 0.587. The Labute approximate surface area is 209 Å². The highest BCUT2D eigenvalue weighted by atomic mass is 32.1. The molecule has 1 saturated heterocycles. The van der Waals surface area contributed by atoms with Gasteiger partial charge in [0.1, 0.15) is 11.3 Å². The van der Waals surface area contributed by atoms with Crippen molar-refractivity contribution in [1.29, 1.82) is 0 Å². The Morgan fingerprint density at radius 2 is 1.80 bits per heavy atom. The van der Waals surface area contributed by atoms with Crippen molar-refractivity contribution in [2.45, 2.75) is 33.6 Å². The summed E-state index contributed by atoms with van der Waals surface area (Å²) in [6.07, 6.45) is 0.389. The number of thiazole rings is 1. The van der Waals surface area contributed by atoms with Crippen LogP contribution >= 0.6 is 11.3 Å². The second-order valence-electron chi connectivity index (χ2n) is 8.42. The first-order valence-electron chi connectivity index (χ1n) is 11.8. The lowest BCUT2D eigenvalue weighted by atomic mass is 10.1. The lowest BCUT2D eigenvalue weighted by Gasteiger charge is -2.25. The van der Waals surface area contributed by atoms with Gasteiger partial charge in [0.15, 0.2) is 5.13 Å². The third-order valence-electron chi connectivity index (χ3n) is 6.33. The Morgan fingerprint density at radius 1 is 1.09 bits per heavy atom. The second kappa shape index (κ2) is 10.5. The van der Waals surface area contributed by atoms with E-state index in [9.17, 15) is 14.4 Å². The molecule has 0 aliphatic carbocycles. The Hall–Kier alpha value is -3.30. The van der Waals surface area contributed by atoms with Crippen molar-refractivity contribution in [1.82, 2.24) is 9.88 Å². The van der Waals surface area contributed by atoms with Crippen LogP contribution in [0.1, 0.15) is 42.6 Å². The van der Waals surface area contributed by atoms with Crippen molar-refractivity contribution in [2.24, 2.45) is 0 Å². The molecule has 8 nitrogen and oxygen atoms in total. The normalized spacial score (nSPS) is 13.8. The topological polar surface area (TPSA) is 83.0 Å². The van der Waals surface area contributed by atoms with Crippen LogP contribution in [0.4, 0.5) is 10.8 Å². The van der Waals surface area contributed by atoms with Crippen molar-refractivity contribution in [3.63, 3.8) is 0 Å². The fourth-order valence-electron chi connectivity index (χ4n) is 4.24. The number of hydrogen-bond donors (Lipinski definition) is 0. The van der Waals surface area contributed by atoms with Crippen LogP contribution in [0.3, 0.4) is 0 Å². The molecule has 0 unspecified atom stereocenters. The molecule has 35 heavy (non-hydrogen) atoms. The van der Waals surface area contributed by atoms with E-state index in [2.05, 4.69) is 18.7 Å². The van der Waals surface area contributed by atoms with Crippen molar-refractivity contribution < 1.29 is 19.1 Å². The number of ether oxygens (including phenoxy) is 1. The van der Waals surface area contributed by atoms with E-state index >= 15 is 0 Å². The highest BCUT2D eigenvalue weighted by Gasteiger charge is 2.31. The first kappa shape index (κ1) is 24.8. The number of aryl methyl sites for hydroxylation is 1. The summed E-state index contributed by atoms with van der Waals surface area (Å²) in [5.41, 5.74) is 2.62. The number of imide groups is 1. The minimum Gasteiger partial charge on any atom is -0.494 e. The van der Waals surface area contributed by atoms with E-state index in [1.165, 1.54) is 16.2 Å². The fourth-order valence-corrected chi connectivity index (χ4v) is 5.32. The highest BCUT2D eigenvalue weighted by molar-refractivity contribution is 7.22. The van der Waals surface area contributed by atoms with Gasteiger partial charge in [0.2, 0.25) is 11.8 Å². The number of anilines is 2. The van der Waals surface area contributed by atoms with Crippen molar-refractivity contribution in [2.75, 3.05) is 43.1 Å². The first-order chi connectivity index (χ1) is 16.9.